The van der Waals surface area contributed by atoms with Crippen LogP contribution in [0.5, 0.6) is 0 Å². The molecule has 3 unspecified atom stereocenters. The predicted molar refractivity (Wildman–Crippen MR) is 125 cm³/mol. The Bertz CT molecular complexity index is 705. The van der Waals surface area contributed by atoms with Crippen molar-refractivity contribution in [2.24, 2.45) is 46.3 Å². The van der Waals surface area contributed by atoms with Crippen molar-refractivity contribution in [3.63, 3.8) is 0 Å². The summed E-state index contributed by atoms with van der Waals surface area (Å²) >= 11 is 0. The van der Waals surface area contributed by atoms with Crippen LogP contribution in [0.15, 0.2) is 23.3 Å². The van der Waals surface area contributed by atoms with Crippen LogP contribution in [0.3, 0.4) is 0 Å². The van der Waals surface area contributed by atoms with E-state index in [1.54, 1.807) is 5.57 Å². The Kier molecular flexibility index (Phi) is 6.08. The number of hydrogen-bond acceptors (Lipinski definition) is 2. The minimum Gasteiger partial charge on any atom is -0.393 e. The fourth-order valence-electron chi connectivity index (χ4n) is 8.02. The van der Waals surface area contributed by atoms with Gasteiger partial charge in [0.1, 0.15) is 0 Å². The summed E-state index contributed by atoms with van der Waals surface area (Å²) in [6, 6.07) is 0. The largest absolute Gasteiger partial charge is 0.393 e. The number of aliphatic hydroxyl groups is 2. The Labute approximate surface area is 185 Å². The van der Waals surface area contributed by atoms with Crippen LogP contribution in [-0.2, 0) is 0 Å². The molecule has 0 aromatic rings. The Morgan fingerprint density at radius 3 is 2.40 bits per heavy atom. The number of allylic oxidation sites excluding steroid dienone is 3. The van der Waals surface area contributed by atoms with E-state index in [-0.39, 0.29) is 17.6 Å². The minimum atomic E-state index is -0.176. The highest BCUT2D eigenvalue weighted by molar-refractivity contribution is 5.38. The van der Waals surface area contributed by atoms with Crippen LogP contribution in [-0.4, -0.2) is 22.4 Å². The van der Waals surface area contributed by atoms with Gasteiger partial charge >= 0.3 is 0 Å². The first-order chi connectivity index (χ1) is 14.1. The van der Waals surface area contributed by atoms with E-state index in [1.807, 2.05) is 0 Å². The summed E-state index contributed by atoms with van der Waals surface area (Å²) in [7, 11) is 0. The molecule has 3 saturated carbocycles. The molecule has 0 saturated heterocycles. The fraction of sp³-hybridized carbons (Fsp3) is 0.857. The van der Waals surface area contributed by atoms with Gasteiger partial charge in [-0.15, -0.1) is 0 Å². The molecule has 0 aliphatic heterocycles. The Morgan fingerprint density at radius 1 is 0.967 bits per heavy atom. The van der Waals surface area contributed by atoms with Crippen LogP contribution >= 0.6 is 0 Å². The molecule has 2 nitrogen and oxygen atoms in total. The number of fused-ring (bicyclic) bond motifs is 5. The second kappa shape index (κ2) is 8.07. The van der Waals surface area contributed by atoms with Crippen molar-refractivity contribution >= 4 is 0 Å². The molecule has 170 valence electrons. The van der Waals surface area contributed by atoms with Crippen LogP contribution in [0.2, 0.25) is 0 Å². The average molecular weight is 415 g/mol. The van der Waals surface area contributed by atoms with Crippen molar-refractivity contribution in [3.05, 3.63) is 23.3 Å². The van der Waals surface area contributed by atoms with E-state index in [4.69, 9.17) is 0 Å². The van der Waals surface area contributed by atoms with Gasteiger partial charge in [-0.05, 0) is 97.7 Å². The third kappa shape index (κ3) is 3.54. The maximum absolute atomic E-state index is 11.1. The minimum absolute atomic E-state index is 0.139. The summed E-state index contributed by atoms with van der Waals surface area (Å²) in [5.41, 5.74) is 3.81. The van der Waals surface area contributed by atoms with Crippen molar-refractivity contribution in [1.82, 2.24) is 0 Å². The molecule has 9 atom stereocenters. The second-order valence-corrected chi connectivity index (χ2v) is 12.4. The van der Waals surface area contributed by atoms with Crippen LogP contribution in [0.1, 0.15) is 92.9 Å². The Morgan fingerprint density at radius 2 is 1.70 bits per heavy atom. The van der Waals surface area contributed by atoms with Crippen LogP contribution < -0.4 is 0 Å². The molecule has 2 heteroatoms. The molecule has 30 heavy (non-hydrogen) atoms. The molecule has 4 rings (SSSR count). The molecular weight excluding hydrogens is 368 g/mol. The fourth-order valence-corrected chi connectivity index (χ4v) is 8.02. The lowest BCUT2D eigenvalue weighted by molar-refractivity contribution is -0.00814. The molecule has 0 bridgehead atoms. The lowest BCUT2D eigenvalue weighted by Crippen LogP contribution is -2.47. The van der Waals surface area contributed by atoms with Gasteiger partial charge in [-0.1, -0.05) is 64.8 Å². The van der Waals surface area contributed by atoms with E-state index in [0.717, 1.165) is 25.7 Å². The smallest absolute Gasteiger partial charge is 0.0578 e. The highest BCUT2D eigenvalue weighted by Crippen LogP contribution is 2.66. The van der Waals surface area contributed by atoms with Crippen LogP contribution in [0.4, 0.5) is 0 Å². The third-order valence-electron chi connectivity index (χ3n) is 10.6. The normalized spacial score (nSPS) is 43.8. The Hall–Kier alpha value is -0.600. The number of hydrogen-bond donors (Lipinski definition) is 2. The molecule has 4 aliphatic rings. The third-order valence-corrected chi connectivity index (χ3v) is 10.6. The summed E-state index contributed by atoms with van der Waals surface area (Å²) in [4.78, 5) is 0. The zero-order chi connectivity index (χ0) is 21.8. The summed E-state index contributed by atoms with van der Waals surface area (Å²) in [6.45, 7) is 14.2. The highest BCUT2D eigenvalue weighted by Gasteiger charge is 2.57. The monoisotopic (exact) mass is 414 g/mol. The molecular formula is C28H46O2. The van der Waals surface area contributed by atoms with Gasteiger partial charge in [0.25, 0.3) is 0 Å². The number of rotatable bonds is 5. The lowest BCUT2D eigenvalue weighted by Gasteiger charge is -2.55. The van der Waals surface area contributed by atoms with E-state index in [1.165, 1.54) is 31.3 Å². The van der Waals surface area contributed by atoms with Gasteiger partial charge in [0, 0.05) is 0 Å². The van der Waals surface area contributed by atoms with E-state index in [0.29, 0.717) is 40.9 Å². The maximum atomic E-state index is 11.1. The van der Waals surface area contributed by atoms with E-state index >= 15 is 0 Å². The van der Waals surface area contributed by atoms with Crippen molar-refractivity contribution in [2.75, 3.05) is 0 Å². The highest BCUT2D eigenvalue weighted by atomic mass is 16.3. The van der Waals surface area contributed by atoms with Gasteiger partial charge in [0.15, 0.2) is 0 Å². The zero-order valence-electron chi connectivity index (χ0n) is 20.3. The molecule has 3 fully saturated rings. The van der Waals surface area contributed by atoms with Gasteiger partial charge in [0.2, 0.25) is 0 Å². The predicted octanol–water partition coefficient (Wildman–Crippen LogP) is 6.53. The van der Waals surface area contributed by atoms with E-state index in [9.17, 15) is 10.2 Å². The summed E-state index contributed by atoms with van der Waals surface area (Å²) in [5.74, 6) is 3.58. The van der Waals surface area contributed by atoms with Gasteiger partial charge in [-0.25, -0.2) is 0 Å². The topological polar surface area (TPSA) is 40.5 Å². The molecule has 4 aliphatic carbocycles. The molecule has 0 spiro atoms. The first-order valence-electron chi connectivity index (χ1n) is 12.8. The summed E-state index contributed by atoms with van der Waals surface area (Å²) < 4.78 is 0. The van der Waals surface area contributed by atoms with Crippen molar-refractivity contribution < 1.29 is 10.2 Å². The summed E-state index contributed by atoms with van der Waals surface area (Å²) in [6.07, 6.45) is 13.6. The molecule has 0 aromatic carbocycles. The average Bonchev–Trinajstić information content (AvgIpc) is 3.04. The van der Waals surface area contributed by atoms with Gasteiger partial charge in [-0.3, -0.25) is 0 Å². The van der Waals surface area contributed by atoms with E-state index in [2.05, 4.69) is 53.7 Å². The first kappa shape index (κ1) is 22.6. The van der Waals surface area contributed by atoms with Crippen molar-refractivity contribution in [2.45, 2.75) is 105 Å². The molecule has 2 N–H and O–H groups in total. The SMILES string of the molecule is CC(C)C(C)CC(O)[C@@H](C)[C@H]1CC[C@H]2C3=CC=C4CC(O)CC[C@]4(C)[C@H]3CC[C@]12C. The summed E-state index contributed by atoms with van der Waals surface area (Å²) in [5, 5.41) is 21.3. The van der Waals surface area contributed by atoms with Gasteiger partial charge in [-0.2, -0.15) is 0 Å². The second-order valence-electron chi connectivity index (χ2n) is 12.4. The molecule has 0 amide bonds. The Balaban J connectivity index is 1.55. The van der Waals surface area contributed by atoms with Crippen molar-refractivity contribution in [1.29, 1.82) is 0 Å². The first-order valence-corrected chi connectivity index (χ1v) is 12.8. The van der Waals surface area contributed by atoms with Crippen molar-refractivity contribution in [3.8, 4) is 0 Å². The molecule has 0 heterocycles. The van der Waals surface area contributed by atoms with E-state index < -0.39 is 0 Å². The molecule has 0 radical (unpaired) electrons. The quantitative estimate of drug-likeness (QED) is 0.537. The zero-order valence-corrected chi connectivity index (χ0v) is 20.3. The number of aliphatic hydroxyl groups excluding tert-OH is 2. The van der Waals surface area contributed by atoms with Crippen LogP contribution in [0.25, 0.3) is 0 Å². The standard InChI is InChI=1S/C28H46O2/c1-17(2)18(3)15-26(30)19(4)23-9-10-24-22-8-7-20-16-21(29)11-13-27(20,5)25(22)12-14-28(23,24)6/h7-8,17-19,21,23-26,29-30H,9-16H2,1-6H3/t18?,19-,21?,23+,24-,25-,26?,27-,28+/m0/s1. The van der Waals surface area contributed by atoms with Gasteiger partial charge < -0.3 is 10.2 Å². The van der Waals surface area contributed by atoms with Crippen LogP contribution in [0, 0.1) is 46.3 Å². The molecule has 0 aromatic heterocycles. The maximum Gasteiger partial charge on any atom is 0.0578 e. The van der Waals surface area contributed by atoms with Gasteiger partial charge in [0.05, 0.1) is 12.2 Å². The lowest BCUT2D eigenvalue weighted by atomic mass is 9.50.